The smallest absolute Gasteiger partial charge is 0.223 e. The van der Waals surface area contributed by atoms with Crippen LogP contribution in [0.2, 0.25) is 0 Å². The van der Waals surface area contributed by atoms with E-state index >= 15 is 0 Å². The summed E-state index contributed by atoms with van der Waals surface area (Å²) in [5.41, 5.74) is 7.28. The van der Waals surface area contributed by atoms with Crippen molar-refractivity contribution in [2.75, 3.05) is 78.7 Å². The molecule has 4 aliphatic heterocycles. The first-order valence-electron chi connectivity index (χ1n) is 16.6. The van der Waals surface area contributed by atoms with Crippen molar-refractivity contribution in [3.63, 3.8) is 0 Å². The molecule has 5 fully saturated rings. The van der Waals surface area contributed by atoms with E-state index in [1.54, 1.807) is 0 Å². The molecule has 11 nitrogen and oxygen atoms in total. The number of nitrogens with zero attached hydrogens (tertiary/aromatic N) is 2. The lowest BCUT2D eigenvalue weighted by atomic mass is 9.83. The van der Waals surface area contributed by atoms with E-state index in [0.29, 0.717) is 23.9 Å². The summed E-state index contributed by atoms with van der Waals surface area (Å²) >= 11 is 0. The molecule has 0 aromatic carbocycles. The highest BCUT2D eigenvalue weighted by Crippen LogP contribution is 2.26. The van der Waals surface area contributed by atoms with Crippen molar-refractivity contribution >= 4 is 5.91 Å². The summed E-state index contributed by atoms with van der Waals surface area (Å²) in [6.45, 7) is 14.8. The largest absolute Gasteiger partial charge is 0.356 e. The second-order valence-corrected chi connectivity index (χ2v) is 12.8. The van der Waals surface area contributed by atoms with Crippen molar-refractivity contribution in [2.24, 2.45) is 17.8 Å². The number of hydrazine groups is 1. The lowest BCUT2D eigenvalue weighted by Gasteiger charge is -2.37. The Balaban J connectivity index is 1.10. The van der Waals surface area contributed by atoms with Crippen LogP contribution in [0.4, 0.5) is 0 Å². The second kappa shape index (κ2) is 16.1. The minimum absolute atomic E-state index is 0.141. The van der Waals surface area contributed by atoms with Crippen LogP contribution < -0.4 is 42.8 Å². The molecule has 5 rings (SSSR count). The predicted molar refractivity (Wildman–Crippen MR) is 160 cm³/mol. The van der Waals surface area contributed by atoms with Crippen molar-refractivity contribution in [2.45, 2.75) is 82.7 Å². The summed E-state index contributed by atoms with van der Waals surface area (Å²) in [6.07, 6.45) is 9.52. The van der Waals surface area contributed by atoms with Gasteiger partial charge >= 0.3 is 0 Å². The highest BCUT2D eigenvalue weighted by molar-refractivity contribution is 5.78. The van der Waals surface area contributed by atoms with Gasteiger partial charge in [-0.2, -0.15) is 0 Å². The van der Waals surface area contributed by atoms with Gasteiger partial charge < -0.3 is 31.5 Å². The molecule has 5 aliphatic rings. The summed E-state index contributed by atoms with van der Waals surface area (Å²) in [6, 6.07) is 0.836. The Labute approximate surface area is 242 Å². The van der Waals surface area contributed by atoms with E-state index in [9.17, 15) is 4.79 Å². The average Bonchev–Trinajstić information content (AvgIpc) is 3.23. The maximum absolute atomic E-state index is 13.2. The van der Waals surface area contributed by atoms with Crippen LogP contribution in [0.1, 0.15) is 58.3 Å². The van der Waals surface area contributed by atoms with E-state index in [1.807, 2.05) is 0 Å². The molecule has 7 atom stereocenters. The Kier molecular flexibility index (Phi) is 12.3. The average molecular weight is 563 g/mol. The van der Waals surface area contributed by atoms with E-state index in [-0.39, 0.29) is 24.2 Å². The number of amides is 1. The van der Waals surface area contributed by atoms with Gasteiger partial charge in [-0.25, -0.2) is 10.9 Å². The first-order chi connectivity index (χ1) is 19.7. The monoisotopic (exact) mass is 562 g/mol. The third kappa shape index (κ3) is 8.58. The molecule has 4 saturated heterocycles. The van der Waals surface area contributed by atoms with E-state index < -0.39 is 0 Å². The topological polar surface area (TPSA) is 120 Å². The Morgan fingerprint density at radius 3 is 2.67 bits per heavy atom. The highest BCUT2D eigenvalue weighted by Gasteiger charge is 2.38. The number of nitrogens with one attached hydrogen (secondary N) is 8. The zero-order valence-electron chi connectivity index (χ0n) is 25.0. The maximum Gasteiger partial charge on any atom is 0.223 e. The molecule has 11 heteroatoms. The van der Waals surface area contributed by atoms with Crippen molar-refractivity contribution in [3.8, 4) is 0 Å². The standard InChI is InChI=1S/C29H58N10O/c1-2-22-18-31-10-7-24(22)19-34-29(40)23-5-3-6-25(17-23)33-20-27-36-37-28(26-8-11-32-21-35-26)39(27)16-15-38-13-4-9-30-12-14-38/h22-28,30-33,35-37H,2-21H2,1H3,(H,34,40). The van der Waals surface area contributed by atoms with Gasteiger partial charge in [-0.1, -0.05) is 19.8 Å². The molecule has 1 saturated carbocycles. The Morgan fingerprint density at radius 1 is 0.875 bits per heavy atom. The molecule has 8 N–H and O–H groups in total. The molecule has 0 spiro atoms. The summed E-state index contributed by atoms with van der Waals surface area (Å²) < 4.78 is 0. The molecule has 0 bridgehead atoms. The van der Waals surface area contributed by atoms with Crippen LogP contribution in [0.15, 0.2) is 0 Å². The summed E-state index contributed by atoms with van der Waals surface area (Å²) in [7, 11) is 0. The van der Waals surface area contributed by atoms with E-state index in [1.165, 1.54) is 25.8 Å². The van der Waals surface area contributed by atoms with Crippen LogP contribution in [0.25, 0.3) is 0 Å². The summed E-state index contributed by atoms with van der Waals surface area (Å²) in [5.74, 6) is 1.73. The lowest BCUT2D eigenvalue weighted by molar-refractivity contribution is -0.126. The van der Waals surface area contributed by atoms with E-state index in [2.05, 4.69) is 59.5 Å². The van der Waals surface area contributed by atoms with Crippen LogP contribution in [0.5, 0.6) is 0 Å². The highest BCUT2D eigenvalue weighted by atomic mass is 16.1. The number of carbonyl (C=O) groups excluding carboxylic acids is 1. The SMILES string of the molecule is CCC1CNCCC1CNC(=O)C1CCCC(NCC2NNC(C3CCNCN3)N2CCN2CCCNCC2)C1. The Bertz CT molecular complexity index is 744. The van der Waals surface area contributed by atoms with Crippen LogP contribution in [0.3, 0.4) is 0 Å². The van der Waals surface area contributed by atoms with Gasteiger partial charge in [-0.15, -0.1) is 0 Å². The van der Waals surface area contributed by atoms with Gasteiger partial charge in [0.15, 0.2) is 0 Å². The second-order valence-electron chi connectivity index (χ2n) is 12.8. The molecule has 1 amide bonds. The van der Waals surface area contributed by atoms with Gasteiger partial charge in [0.1, 0.15) is 0 Å². The number of hydrogen-bond acceptors (Lipinski definition) is 10. The van der Waals surface area contributed by atoms with Crippen LogP contribution in [0, 0.1) is 17.8 Å². The van der Waals surface area contributed by atoms with E-state index in [4.69, 9.17) is 0 Å². The fourth-order valence-electron chi connectivity index (χ4n) is 7.63. The third-order valence-electron chi connectivity index (χ3n) is 10.2. The Morgan fingerprint density at radius 2 is 1.80 bits per heavy atom. The summed E-state index contributed by atoms with van der Waals surface area (Å²) in [4.78, 5) is 18.4. The normalized spacial score (nSPS) is 36.8. The third-order valence-corrected chi connectivity index (χ3v) is 10.2. The molecular weight excluding hydrogens is 504 g/mol. The fourth-order valence-corrected chi connectivity index (χ4v) is 7.63. The number of rotatable bonds is 11. The van der Waals surface area contributed by atoms with Crippen molar-refractivity contribution in [1.29, 1.82) is 0 Å². The molecule has 40 heavy (non-hydrogen) atoms. The predicted octanol–water partition coefficient (Wildman–Crippen LogP) is -0.847. The molecule has 230 valence electrons. The molecule has 0 aromatic heterocycles. The van der Waals surface area contributed by atoms with Gasteiger partial charge in [0.25, 0.3) is 0 Å². The molecule has 1 aliphatic carbocycles. The van der Waals surface area contributed by atoms with Gasteiger partial charge in [-0.3, -0.25) is 15.0 Å². The van der Waals surface area contributed by atoms with Crippen molar-refractivity contribution in [3.05, 3.63) is 0 Å². The molecule has 7 unspecified atom stereocenters. The molecule has 0 aromatic rings. The maximum atomic E-state index is 13.2. The first kappa shape index (κ1) is 30.6. The first-order valence-corrected chi connectivity index (χ1v) is 16.6. The van der Waals surface area contributed by atoms with Gasteiger partial charge in [0.05, 0.1) is 12.3 Å². The molecule has 4 heterocycles. The van der Waals surface area contributed by atoms with Gasteiger partial charge in [0, 0.05) is 63.9 Å². The summed E-state index contributed by atoms with van der Waals surface area (Å²) in [5, 5.41) is 21.4. The number of piperidine rings is 1. The van der Waals surface area contributed by atoms with Crippen LogP contribution in [-0.2, 0) is 4.79 Å². The van der Waals surface area contributed by atoms with Gasteiger partial charge in [-0.05, 0) is 83.1 Å². The zero-order chi connectivity index (χ0) is 27.6. The zero-order valence-corrected chi connectivity index (χ0v) is 25.0. The van der Waals surface area contributed by atoms with Gasteiger partial charge in [0.2, 0.25) is 5.91 Å². The van der Waals surface area contributed by atoms with E-state index in [0.717, 1.165) is 104 Å². The number of carbonyl (C=O) groups is 1. The fraction of sp³-hybridized carbons (Fsp3) is 0.966. The van der Waals surface area contributed by atoms with Crippen molar-refractivity contribution in [1.82, 2.24) is 52.6 Å². The quantitative estimate of drug-likeness (QED) is 0.162. The molecule has 0 radical (unpaired) electrons. The lowest BCUT2D eigenvalue weighted by Crippen LogP contribution is -2.59. The van der Waals surface area contributed by atoms with Crippen molar-refractivity contribution < 1.29 is 4.79 Å². The minimum Gasteiger partial charge on any atom is -0.356 e. The minimum atomic E-state index is 0.141. The Hall–Kier alpha value is -0.890. The van der Waals surface area contributed by atoms with Crippen LogP contribution >= 0.6 is 0 Å². The molecular formula is C29H58N10O. The van der Waals surface area contributed by atoms with Crippen LogP contribution in [-0.4, -0.2) is 119 Å². The number of hydrogen-bond donors (Lipinski definition) is 8.